The Hall–Kier alpha value is -1.56. The van der Waals surface area contributed by atoms with Crippen LogP contribution in [-0.4, -0.2) is 18.9 Å². The molecule has 1 fully saturated rings. The van der Waals surface area contributed by atoms with Crippen LogP contribution in [0.1, 0.15) is 18.4 Å². The number of benzene rings is 1. The minimum absolute atomic E-state index is 0.0110. The summed E-state index contributed by atoms with van der Waals surface area (Å²) in [6.45, 7) is 0.237. The van der Waals surface area contributed by atoms with E-state index in [-0.39, 0.29) is 18.6 Å². The van der Waals surface area contributed by atoms with Crippen molar-refractivity contribution in [2.75, 3.05) is 6.79 Å². The van der Waals surface area contributed by atoms with Crippen molar-refractivity contribution in [2.45, 2.75) is 12.8 Å². The van der Waals surface area contributed by atoms with E-state index in [1.807, 2.05) is 12.1 Å². The lowest BCUT2D eigenvalue weighted by molar-refractivity contribution is -0.122. The molecule has 1 aliphatic heterocycles. The van der Waals surface area contributed by atoms with Gasteiger partial charge in [0.1, 0.15) is 0 Å². The number of ether oxygens (including phenoxy) is 2. The van der Waals surface area contributed by atoms with Crippen molar-refractivity contribution in [1.29, 1.82) is 0 Å². The summed E-state index contributed by atoms with van der Waals surface area (Å²) < 4.78 is 11.4. The summed E-state index contributed by atoms with van der Waals surface area (Å²) >= 11 is 3.42. The summed E-state index contributed by atoms with van der Waals surface area (Å²) in [6.07, 6.45) is 3.52. The number of carbonyl (C=O) groups excluding carboxylic acids is 1. The van der Waals surface area contributed by atoms with Gasteiger partial charge in [-0.2, -0.15) is 5.10 Å². The second kappa shape index (κ2) is 4.61. The SMILES string of the molecule is O=C(NN=Cc1cc2c(cc1Br)OCO2)C1CC1. The van der Waals surface area contributed by atoms with Gasteiger partial charge in [0, 0.05) is 16.0 Å². The van der Waals surface area contributed by atoms with Crippen LogP contribution in [0.5, 0.6) is 11.5 Å². The Morgan fingerprint density at radius 3 is 2.83 bits per heavy atom. The second-order valence-electron chi connectivity index (χ2n) is 4.24. The summed E-state index contributed by atoms with van der Waals surface area (Å²) in [7, 11) is 0. The normalized spacial score (nSPS) is 17.2. The molecule has 1 heterocycles. The summed E-state index contributed by atoms with van der Waals surface area (Å²) in [6, 6.07) is 3.64. The molecule has 1 N–H and O–H groups in total. The molecule has 5 nitrogen and oxygen atoms in total. The van der Waals surface area contributed by atoms with Gasteiger partial charge in [-0.15, -0.1) is 0 Å². The van der Waals surface area contributed by atoms with Crippen molar-refractivity contribution >= 4 is 28.1 Å². The highest BCUT2D eigenvalue weighted by molar-refractivity contribution is 9.10. The zero-order valence-electron chi connectivity index (χ0n) is 9.48. The topological polar surface area (TPSA) is 59.9 Å². The van der Waals surface area contributed by atoms with E-state index in [0.717, 1.165) is 22.9 Å². The molecule has 1 aromatic rings. The van der Waals surface area contributed by atoms with E-state index in [2.05, 4.69) is 26.5 Å². The fourth-order valence-electron chi connectivity index (χ4n) is 1.63. The number of hydrazone groups is 1. The standard InChI is InChI=1S/C12H11BrN2O3/c13-9-4-11-10(17-6-18-11)3-8(9)5-14-15-12(16)7-1-2-7/h3-5,7H,1-2,6H2,(H,15,16). The van der Waals surface area contributed by atoms with E-state index in [1.165, 1.54) is 0 Å². The van der Waals surface area contributed by atoms with Crippen LogP contribution in [0.2, 0.25) is 0 Å². The van der Waals surface area contributed by atoms with Crippen molar-refractivity contribution < 1.29 is 14.3 Å². The van der Waals surface area contributed by atoms with E-state index < -0.39 is 0 Å². The van der Waals surface area contributed by atoms with Crippen LogP contribution in [0, 0.1) is 5.92 Å². The van der Waals surface area contributed by atoms with Gasteiger partial charge in [0.2, 0.25) is 12.7 Å². The van der Waals surface area contributed by atoms with Crippen LogP contribution in [0.4, 0.5) is 0 Å². The van der Waals surface area contributed by atoms with Gasteiger partial charge in [-0.25, -0.2) is 5.43 Å². The van der Waals surface area contributed by atoms with Crippen molar-refractivity contribution in [3.8, 4) is 11.5 Å². The van der Waals surface area contributed by atoms with Gasteiger partial charge >= 0.3 is 0 Å². The average molecular weight is 311 g/mol. The van der Waals surface area contributed by atoms with Gasteiger partial charge < -0.3 is 9.47 Å². The van der Waals surface area contributed by atoms with E-state index >= 15 is 0 Å². The number of rotatable bonds is 3. The zero-order chi connectivity index (χ0) is 12.5. The van der Waals surface area contributed by atoms with Crippen molar-refractivity contribution in [3.63, 3.8) is 0 Å². The molecule has 6 heteroatoms. The maximum Gasteiger partial charge on any atom is 0.243 e. The lowest BCUT2D eigenvalue weighted by Crippen LogP contribution is -2.18. The molecule has 0 unspecified atom stereocenters. The van der Waals surface area contributed by atoms with Crippen LogP contribution in [0.15, 0.2) is 21.7 Å². The van der Waals surface area contributed by atoms with Crippen LogP contribution in [0.25, 0.3) is 0 Å². The molecule has 1 amide bonds. The smallest absolute Gasteiger partial charge is 0.243 e. The first kappa shape index (κ1) is 11.5. The molecule has 18 heavy (non-hydrogen) atoms. The number of carbonyl (C=O) groups is 1. The molecule has 0 atom stereocenters. The first-order valence-corrected chi connectivity index (χ1v) is 6.45. The minimum Gasteiger partial charge on any atom is -0.454 e. The Morgan fingerprint density at radius 1 is 1.39 bits per heavy atom. The number of amides is 1. The summed E-state index contributed by atoms with van der Waals surface area (Å²) in [5.41, 5.74) is 3.35. The molecule has 0 aromatic heterocycles. The molecule has 0 bridgehead atoms. The number of nitrogens with one attached hydrogen (secondary N) is 1. The molecular weight excluding hydrogens is 300 g/mol. The van der Waals surface area contributed by atoms with Gasteiger partial charge in [0.25, 0.3) is 0 Å². The maximum atomic E-state index is 11.4. The quantitative estimate of drug-likeness (QED) is 0.686. The Labute approximate surface area is 112 Å². The zero-order valence-corrected chi connectivity index (χ0v) is 11.1. The summed E-state index contributed by atoms with van der Waals surface area (Å²) in [5.74, 6) is 1.54. The lowest BCUT2D eigenvalue weighted by Gasteiger charge is -2.01. The van der Waals surface area contributed by atoms with Crippen LogP contribution >= 0.6 is 15.9 Å². The fourth-order valence-corrected chi connectivity index (χ4v) is 2.06. The first-order chi connectivity index (χ1) is 8.74. The third kappa shape index (κ3) is 2.33. The summed E-state index contributed by atoms with van der Waals surface area (Å²) in [4.78, 5) is 11.4. The molecule has 1 aromatic carbocycles. The highest BCUT2D eigenvalue weighted by Gasteiger charge is 2.29. The number of hydrogen-bond donors (Lipinski definition) is 1. The maximum absolute atomic E-state index is 11.4. The molecule has 0 spiro atoms. The third-order valence-corrected chi connectivity index (χ3v) is 3.51. The average Bonchev–Trinajstić information content (AvgIpc) is 3.10. The van der Waals surface area contributed by atoms with E-state index in [1.54, 1.807) is 6.21 Å². The first-order valence-electron chi connectivity index (χ1n) is 5.66. The van der Waals surface area contributed by atoms with Crippen LogP contribution in [0.3, 0.4) is 0 Å². The molecule has 0 saturated heterocycles. The largest absolute Gasteiger partial charge is 0.454 e. The van der Waals surface area contributed by atoms with Gasteiger partial charge in [0.15, 0.2) is 11.5 Å². The Kier molecular flexibility index (Phi) is 2.95. The number of nitrogens with zero attached hydrogens (tertiary/aromatic N) is 1. The van der Waals surface area contributed by atoms with E-state index in [9.17, 15) is 4.79 Å². The molecule has 2 aliphatic rings. The predicted molar refractivity (Wildman–Crippen MR) is 68.7 cm³/mol. The molecular formula is C12H11BrN2O3. The molecule has 1 aliphatic carbocycles. The van der Waals surface area contributed by atoms with Gasteiger partial charge in [-0.05, 0) is 40.9 Å². The van der Waals surface area contributed by atoms with Gasteiger partial charge in [-0.3, -0.25) is 4.79 Å². The van der Waals surface area contributed by atoms with Gasteiger partial charge in [0.05, 0.1) is 6.21 Å². The summed E-state index contributed by atoms with van der Waals surface area (Å²) in [5, 5.41) is 3.94. The number of hydrogen-bond acceptors (Lipinski definition) is 4. The van der Waals surface area contributed by atoms with E-state index in [0.29, 0.717) is 11.5 Å². The van der Waals surface area contributed by atoms with Crippen molar-refractivity contribution in [2.24, 2.45) is 11.0 Å². The molecule has 1 saturated carbocycles. The molecule has 94 valence electrons. The minimum atomic E-state index is -0.0110. The number of halogens is 1. The predicted octanol–water partition coefficient (Wildman–Crippen LogP) is 2.04. The van der Waals surface area contributed by atoms with Gasteiger partial charge in [-0.1, -0.05) is 0 Å². The van der Waals surface area contributed by atoms with Crippen molar-refractivity contribution in [3.05, 3.63) is 22.2 Å². The Bertz CT molecular complexity index is 526. The fraction of sp³-hybridized carbons (Fsp3) is 0.333. The lowest BCUT2D eigenvalue weighted by atomic mass is 10.2. The molecule has 3 rings (SSSR count). The monoisotopic (exact) mass is 310 g/mol. The Morgan fingerprint density at radius 2 is 2.11 bits per heavy atom. The van der Waals surface area contributed by atoms with Crippen molar-refractivity contribution in [1.82, 2.24) is 5.43 Å². The highest BCUT2D eigenvalue weighted by Crippen LogP contribution is 2.36. The third-order valence-electron chi connectivity index (χ3n) is 2.82. The number of fused-ring (bicyclic) bond motifs is 1. The second-order valence-corrected chi connectivity index (χ2v) is 5.09. The highest BCUT2D eigenvalue weighted by atomic mass is 79.9. The molecule has 0 radical (unpaired) electrons. The Balaban J connectivity index is 1.71. The van der Waals surface area contributed by atoms with E-state index in [4.69, 9.17) is 9.47 Å². The van der Waals surface area contributed by atoms with Crippen LogP contribution < -0.4 is 14.9 Å². The van der Waals surface area contributed by atoms with Crippen LogP contribution in [-0.2, 0) is 4.79 Å².